The van der Waals surface area contributed by atoms with E-state index in [0.29, 0.717) is 0 Å². The molecule has 0 aromatic heterocycles. The van der Waals surface area contributed by atoms with E-state index in [1.807, 2.05) is 37.3 Å². The number of hydrazone groups is 1. The van der Waals surface area contributed by atoms with Crippen molar-refractivity contribution in [3.05, 3.63) is 69.8 Å². The zero-order valence-corrected chi connectivity index (χ0v) is 14.0. The normalized spacial score (nSPS) is 11.9. The molecule has 0 heterocycles. The van der Waals surface area contributed by atoms with Gasteiger partial charge in [0.05, 0.1) is 4.92 Å². The van der Waals surface area contributed by atoms with Gasteiger partial charge in [-0.15, -0.1) is 0 Å². The quantitative estimate of drug-likeness (QED) is 0.475. The van der Waals surface area contributed by atoms with E-state index in [1.54, 1.807) is 19.2 Å². The third kappa shape index (κ3) is 5.42. The molecule has 0 spiro atoms. The molecule has 1 amide bonds. The van der Waals surface area contributed by atoms with Gasteiger partial charge in [-0.05, 0) is 24.1 Å². The number of ether oxygens (including phenoxy) is 1. The van der Waals surface area contributed by atoms with Crippen molar-refractivity contribution in [3.8, 4) is 5.75 Å². The highest BCUT2D eigenvalue weighted by atomic mass is 16.6. The number of nitrogens with one attached hydrogen (secondary N) is 1. The minimum atomic E-state index is -0.542. The number of nitro groups is 1. The van der Waals surface area contributed by atoms with Gasteiger partial charge in [0.25, 0.3) is 5.91 Å². The maximum atomic E-state index is 11.8. The fourth-order valence-corrected chi connectivity index (χ4v) is 2.13. The van der Waals surface area contributed by atoms with E-state index in [4.69, 9.17) is 4.74 Å². The van der Waals surface area contributed by atoms with Crippen molar-refractivity contribution in [2.75, 3.05) is 6.61 Å². The zero-order valence-electron chi connectivity index (χ0n) is 14.0. The lowest BCUT2D eigenvalue weighted by atomic mass is 10.0. The molecule has 1 unspecified atom stereocenters. The van der Waals surface area contributed by atoms with Crippen LogP contribution in [0.25, 0.3) is 0 Å². The Morgan fingerprint density at radius 2 is 2.04 bits per heavy atom. The Hall–Kier alpha value is -3.22. The first-order valence-corrected chi connectivity index (χ1v) is 7.72. The van der Waals surface area contributed by atoms with Gasteiger partial charge in [-0.25, -0.2) is 5.43 Å². The molecule has 0 fully saturated rings. The maximum Gasteiger partial charge on any atom is 0.311 e. The number of benzene rings is 2. The van der Waals surface area contributed by atoms with Gasteiger partial charge in [-0.2, -0.15) is 5.10 Å². The average molecular weight is 341 g/mol. The van der Waals surface area contributed by atoms with Crippen molar-refractivity contribution in [1.29, 1.82) is 0 Å². The van der Waals surface area contributed by atoms with Crippen LogP contribution >= 0.6 is 0 Å². The smallest absolute Gasteiger partial charge is 0.311 e. The third-order valence-electron chi connectivity index (χ3n) is 3.48. The number of hydrogen-bond donors (Lipinski definition) is 1. The molecule has 7 nitrogen and oxygen atoms in total. The van der Waals surface area contributed by atoms with Gasteiger partial charge in [-0.1, -0.05) is 43.3 Å². The predicted molar refractivity (Wildman–Crippen MR) is 94.8 cm³/mol. The van der Waals surface area contributed by atoms with Crippen LogP contribution in [0.4, 0.5) is 5.69 Å². The van der Waals surface area contributed by atoms with Crippen molar-refractivity contribution in [1.82, 2.24) is 5.43 Å². The molecule has 0 bridgehead atoms. The molecule has 2 aromatic rings. The van der Waals surface area contributed by atoms with Crippen LogP contribution in [0.2, 0.25) is 0 Å². The summed E-state index contributed by atoms with van der Waals surface area (Å²) >= 11 is 0. The summed E-state index contributed by atoms with van der Waals surface area (Å²) in [6.45, 7) is 3.34. The lowest BCUT2D eigenvalue weighted by Crippen LogP contribution is -2.25. The van der Waals surface area contributed by atoms with Gasteiger partial charge >= 0.3 is 5.69 Å². The van der Waals surface area contributed by atoms with Crippen molar-refractivity contribution < 1.29 is 14.5 Å². The zero-order chi connectivity index (χ0) is 18.2. The van der Waals surface area contributed by atoms with Gasteiger partial charge < -0.3 is 4.74 Å². The molecule has 0 saturated carbocycles. The number of carbonyl (C=O) groups excluding carboxylic acids is 1. The molecule has 1 N–H and O–H groups in total. The van der Waals surface area contributed by atoms with Crippen molar-refractivity contribution in [3.63, 3.8) is 0 Å². The topological polar surface area (TPSA) is 93.8 Å². The van der Waals surface area contributed by atoms with E-state index in [-0.39, 0.29) is 24.0 Å². The molecule has 0 radical (unpaired) electrons. The number of hydrogen-bond acceptors (Lipinski definition) is 5. The van der Waals surface area contributed by atoms with Crippen molar-refractivity contribution >= 4 is 17.8 Å². The van der Waals surface area contributed by atoms with Crippen LogP contribution in [0.5, 0.6) is 5.75 Å². The predicted octanol–water partition coefficient (Wildman–Crippen LogP) is 3.19. The molecule has 0 aliphatic heterocycles. The van der Waals surface area contributed by atoms with Gasteiger partial charge in [0.15, 0.2) is 12.4 Å². The van der Waals surface area contributed by atoms with Crippen LogP contribution in [0.1, 0.15) is 24.0 Å². The summed E-state index contributed by atoms with van der Waals surface area (Å²) in [6.07, 6.45) is 1.61. The Balaban J connectivity index is 1.87. The lowest BCUT2D eigenvalue weighted by Gasteiger charge is -2.07. The fourth-order valence-electron chi connectivity index (χ4n) is 2.13. The highest BCUT2D eigenvalue weighted by Crippen LogP contribution is 2.27. The van der Waals surface area contributed by atoms with Crippen LogP contribution in [-0.4, -0.2) is 23.7 Å². The van der Waals surface area contributed by atoms with Gasteiger partial charge in [-0.3, -0.25) is 14.9 Å². The van der Waals surface area contributed by atoms with Crippen LogP contribution in [-0.2, 0) is 4.79 Å². The minimum Gasteiger partial charge on any atom is -0.477 e. The standard InChI is InChI=1S/C18H19N3O4/c1-13-8-9-17(16(10-13)21(23)24)25-12-18(22)20-19-11-14(2)15-6-4-3-5-7-15/h3-11,14H,12H2,1-2H3,(H,20,22)/b19-11+. The number of carbonyl (C=O) groups is 1. The second-order valence-corrected chi connectivity index (χ2v) is 5.53. The Morgan fingerprint density at radius 1 is 1.32 bits per heavy atom. The van der Waals surface area contributed by atoms with Crippen LogP contribution < -0.4 is 10.2 Å². The first kappa shape index (κ1) is 18.1. The lowest BCUT2D eigenvalue weighted by molar-refractivity contribution is -0.385. The Labute approximate surface area is 145 Å². The summed E-state index contributed by atoms with van der Waals surface area (Å²) in [5.74, 6) is -0.403. The van der Waals surface area contributed by atoms with Gasteiger partial charge in [0, 0.05) is 18.2 Å². The van der Waals surface area contributed by atoms with Gasteiger partial charge in [0.2, 0.25) is 0 Å². The summed E-state index contributed by atoms with van der Waals surface area (Å²) in [4.78, 5) is 22.2. The molecule has 0 saturated heterocycles. The summed E-state index contributed by atoms with van der Waals surface area (Å²) in [5, 5.41) is 14.9. The molecular weight excluding hydrogens is 322 g/mol. The molecule has 0 aliphatic rings. The second-order valence-electron chi connectivity index (χ2n) is 5.53. The Kier molecular flexibility index (Phi) is 6.22. The van der Waals surface area contributed by atoms with Crippen LogP contribution in [0.3, 0.4) is 0 Å². The molecule has 2 aromatic carbocycles. The third-order valence-corrected chi connectivity index (χ3v) is 3.48. The Morgan fingerprint density at radius 3 is 2.72 bits per heavy atom. The summed E-state index contributed by atoms with van der Waals surface area (Å²) < 4.78 is 5.23. The van der Waals surface area contributed by atoms with E-state index in [9.17, 15) is 14.9 Å². The van der Waals surface area contributed by atoms with E-state index in [0.717, 1.165) is 11.1 Å². The number of nitrogens with zero attached hydrogens (tertiary/aromatic N) is 2. The monoisotopic (exact) mass is 341 g/mol. The van der Waals surface area contributed by atoms with Crippen LogP contribution in [0, 0.1) is 17.0 Å². The second kappa shape index (κ2) is 8.58. The highest BCUT2D eigenvalue weighted by molar-refractivity contribution is 5.79. The SMILES string of the molecule is Cc1ccc(OCC(=O)N/N=C/C(C)c2ccccc2)c([N+](=O)[O-])c1. The molecule has 130 valence electrons. The largest absolute Gasteiger partial charge is 0.477 e. The molecule has 25 heavy (non-hydrogen) atoms. The van der Waals surface area contributed by atoms with E-state index < -0.39 is 10.8 Å². The highest BCUT2D eigenvalue weighted by Gasteiger charge is 2.16. The summed E-state index contributed by atoms with van der Waals surface area (Å²) in [6, 6.07) is 14.3. The van der Waals surface area contributed by atoms with E-state index in [1.165, 1.54) is 12.1 Å². The number of rotatable bonds is 7. The van der Waals surface area contributed by atoms with E-state index in [2.05, 4.69) is 10.5 Å². The summed E-state index contributed by atoms with van der Waals surface area (Å²) in [5.41, 5.74) is 3.99. The molecule has 7 heteroatoms. The van der Waals surface area contributed by atoms with Crippen molar-refractivity contribution in [2.24, 2.45) is 5.10 Å². The maximum absolute atomic E-state index is 11.8. The first-order chi connectivity index (χ1) is 12.0. The van der Waals surface area contributed by atoms with E-state index >= 15 is 0 Å². The number of nitro benzene ring substituents is 1. The average Bonchev–Trinajstić information content (AvgIpc) is 2.61. The molecular formula is C18H19N3O4. The molecule has 1 atom stereocenters. The number of aryl methyl sites for hydroxylation is 1. The van der Waals surface area contributed by atoms with Crippen LogP contribution in [0.15, 0.2) is 53.6 Å². The molecule has 2 rings (SSSR count). The Bertz CT molecular complexity index is 775. The fraction of sp³-hybridized carbons (Fsp3) is 0.222. The molecule has 0 aliphatic carbocycles. The number of amides is 1. The minimum absolute atomic E-state index is 0.0422. The first-order valence-electron chi connectivity index (χ1n) is 7.72. The van der Waals surface area contributed by atoms with Gasteiger partial charge in [0.1, 0.15) is 0 Å². The van der Waals surface area contributed by atoms with Crippen molar-refractivity contribution in [2.45, 2.75) is 19.8 Å². The summed E-state index contributed by atoms with van der Waals surface area (Å²) in [7, 11) is 0.